The minimum atomic E-state index is 0.219. The first-order valence-electron chi connectivity index (χ1n) is 6.13. The number of nitrogens with zero attached hydrogens (tertiary/aromatic N) is 1. The van der Waals surface area contributed by atoms with E-state index in [-0.39, 0.29) is 6.10 Å². The number of alkyl halides is 1. The van der Waals surface area contributed by atoms with Crippen LogP contribution in [0.1, 0.15) is 24.8 Å². The fraction of sp³-hybridized carbons (Fsp3) is 0.500. The van der Waals surface area contributed by atoms with E-state index in [9.17, 15) is 0 Å². The lowest BCUT2D eigenvalue weighted by molar-refractivity contribution is 0.0678. The van der Waals surface area contributed by atoms with E-state index >= 15 is 0 Å². The Labute approximate surface area is 112 Å². The van der Waals surface area contributed by atoms with Crippen molar-refractivity contribution in [1.82, 2.24) is 4.98 Å². The molecule has 0 amide bonds. The first-order chi connectivity index (χ1) is 8.88. The number of aromatic nitrogens is 1. The summed E-state index contributed by atoms with van der Waals surface area (Å²) in [6, 6.07) is 1.89. The van der Waals surface area contributed by atoms with Crippen molar-refractivity contribution in [3.05, 3.63) is 24.0 Å². The molecule has 0 bridgehead atoms. The summed E-state index contributed by atoms with van der Waals surface area (Å²) in [5, 5.41) is 0. The van der Waals surface area contributed by atoms with Crippen molar-refractivity contribution in [2.24, 2.45) is 0 Å². The zero-order valence-electron chi connectivity index (χ0n) is 10.2. The van der Waals surface area contributed by atoms with Crippen molar-refractivity contribution in [3.63, 3.8) is 0 Å². The van der Waals surface area contributed by atoms with Crippen LogP contribution in [0, 0.1) is 11.8 Å². The minimum absolute atomic E-state index is 0.219. The Morgan fingerprint density at radius 1 is 1.50 bits per heavy atom. The van der Waals surface area contributed by atoms with Gasteiger partial charge in [-0.3, -0.25) is 4.98 Å². The molecule has 0 aliphatic carbocycles. The average molecular weight is 266 g/mol. The van der Waals surface area contributed by atoms with Crippen LogP contribution in [0.2, 0.25) is 0 Å². The molecule has 96 valence electrons. The highest BCUT2D eigenvalue weighted by Gasteiger charge is 2.15. The van der Waals surface area contributed by atoms with Crippen molar-refractivity contribution in [2.45, 2.75) is 25.4 Å². The molecule has 0 N–H and O–H groups in total. The second-order valence-electron chi connectivity index (χ2n) is 4.10. The highest BCUT2D eigenvalue weighted by Crippen LogP contribution is 2.15. The number of rotatable bonds is 4. The normalized spacial score (nSPS) is 18.2. The smallest absolute Gasteiger partial charge is 0.138 e. The molecular weight excluding hydrogens is 250 g/mol. The van der Waals surface area contributed by atoms with Crippen molar-refractivity contribution >= 4 is 11.6 Å². The Morgan fingerprint density at radius 2 is 2.44 bits per heavy atom. The van der Waals surface area contributed by atoms with Gasteiger partial charge in [-0.15, -0.1) is 11.6 Å². The van der Waals surface area contributed by atoms with E-state index < -0.39 is 0 Å². The third-order valence-corrected chi connectivity index (χ3v) is 2.81. The van der Waals surface area contributed by atoms with Gasteiger partial charge in [-0.25, -0.2) is 0 Å². The lowest BCUT2D eigenvalue weighted by atomic mass is 10.2. The largest absolute Gasteiger partial charge is 0.489 e. The van der Waals surface area contributed by atoms with E-state index in [1.807, 2.05) is 6.07 Å². The van der Waals surface area contributed by atoms with Crippen LogP contribution in [0.15, 0.2) is 18.5 Å². The van der Waals surface area contributed by atoms with Gasteiger partial charge in [-0.1, -0.05) is 11.8 Å². The van der Waals surface area contributed by atoms with Gasteiger partial charge < -0.3 is 9.47 Å². The molecule has 1 aliphatic rings. The molecule has 1 atom stereocenters. The highest BCUT2D eigenvalue weighted by atomic mass is 35.5. The molecule has 0 aromatic carbocycles. The maximum Gasteiger partial charge on any atom is 0.138 e. The summed E-state index contributed by atoms with van der Waals surface area (Å²) < 4.78 is 11.2. The van der Waals surface area contributed by atoms with Gasteiger partial charge in [0.2, 0.25) is 0 Å². The summed E-state index contributed by atoms with van der Waals surface area (Å²) >= 11 is 5.56. The van der Waals surface area contributed by atoms with Crippen LogP contribution < -0.4 is 4.74 Å². The molecule has 0 spiro atoms. The Bertz CT molecular complexity index is 433. The van der Waals surface area contributed by atoms with E-state index in [2.05, 4.69) is 16.8 Å². The molecule has 1 aliphatic heterocycles. The summed E-state index contributed by atoms with van der Waals surface area (Å²) in [6.07, 6.45) is 6.51. The molecule has 1 aromatic rings. The summed E-state index contributed by atoms with van der Waals surface area (Å²) in [4.78, 5) is 4.11. The van der Waals surface area contributed by atoms with Crippen LogP contribution in [0.4, 0.5) is 0 Å². The average Bonchev–Trinajstić information content (AvgIpc) is 2.90. The molecule has 1 aromatic heterocycles. The lowest BCUT2D eigenvalue weighted by Crippen LogP contribution is -2.16. The fourth-order valence-corrected chi connectivity index (χ4v) is 1.84. The first-order valence-corrected chi connectivity index (χ1v) is 6.66. The van der Waals surface area contributed by atoms with Crippen molar-refractivity contribution < 1.29 is 9.47 Å². The summed E-state index contributed by atoms with van der Waals surface area (Å²) in [5.74, 6) is 7.27. The summed E-state index contributed by atoms with van der Waals surface area (Å²) in [7, 11) is 0. The van der Waals surface area contributed by atoms with Gasteiger partial charge in [0, 0.05) is 30.7 Å². The van der Waals surface area contributed by atoms with Crippen molar-refractivity contribution in [1.29, 1.82) is 0 Å². The van der Waals surface area contributed by atoms with E-state index in [4.69, 9.17) is 21.1 Å². The zero-order valence-corrected chi connectivity index (χ0v) is 10.9. The van der Waals surface area contributed by atoms with Gasteiger partial charge in [0.1, 0.15) is 12.4 Å². The van der Waals surface area contributed by atoms with E-state index in [1.165, 1.54) is 0 Å². The van der Waals surface area contributed by atoms with Crippen LogP contribution in [-0.4, -0.2) is 30.2 Å². The predicted molar refractivity (Wildman–Crippen MR) is 70.9 cm³/mol. The summed E-state index contributed by atoms with van der Waals surface area (Å²) in [5.41, 5.74) is 0.852. The maximum absolute atomic E-state index is 5.66. The second kappa shape index (κ2) is 7.25. The molecule has 18 heavy (non-hydrogen) atoms. The molecule has 4 heteroatoms. The van der Waals surface area contributed by atoms with Crippen LogP contribution in [0.25, 0.3) is 0 Å². The van der Waals surface area contributed by atoms with Crippen LogP contribution >= 0.6 is 11.6 Å². The van der Waals surface area contributed by atoms with Crippen molar-refractivity contribution in [3.8, 4) is 17.6 Å². The molecule has 1 saturated heterocycles. The SMILES string of the molecule is ClCCC#Cc1cncc(OCC2CCCO2)c1. The Hall–Kier alpha value is -1.24. The lowest BCUT2D eigenvalue weighted by Gasteiger charge is -2.10. The number of ether oxygens (including phenoxy) is 2. The van der Waals surface area contributed by atoms with Gasteiger partial charge in [0.15, 0.2) is 0 Å². The van der Waals surface area contributed by atoms with Crippen LogP contribution in [0.5, 0.6) is 5.75 Å². The molecule has 2 rings (SSSR count). The van der Waals surface area contributed by atoms with E-state index in [1.54, 1.807) is 12.4 Å². The maximum atomic E-state index is 5.66. The number of hydrogen-bond acceptors (Lipinski definition) is 3. The number of halogens is 1. The van der Waals surface area contributed by atoms with E-state index in [0.29, 0.717) is 18.9 Å². The Balaban J connectivity index is 1.88. The van der Waals surface area contributed by atoms with Gasteiger partial charge in [-0.05, 0) is 18.9 Å². The van der Waals surface area contributed by atoms with Gasteiger partial charge >= 0.3 is 0 Å². The standard InChI is InChI=1S/C14H16ClNO2/c15-6-2-1-4-12-8-14(10-16-9-12)18-11-13-5-3-7-17-13/h8-10,13H,2-3,5-7,11H2. The molecule has 1 unspecified atom stereocenters. The predicted octanol–water partition coefficient (Wildman–Crippen LogP) is 2.62. The molecule has 1 fully saturated rings. The van der Waals surface area contributed by atoms with Crippen molar-refractivity contribution in [2.75, 3.05) is 19.1 Å². The Morgan fingerprint density at radius 3 is 3.22 bits per heavy atom. The molecule has 0 radical (unpaired) electrons. The van der Waals surface area contributed by atoms with Gasteiger partial charge in [0.25, 0.3) is 0 Å². The third-order valence-electron chi connectivity index (χ3n) is 2.63. The first kappa shape index (κ1) is 13.2. The Kier molecular flexibility index (Phi) is 5.32. The monoisotopic (exact) mass is 265 g/mol. The zero-order chi connectivity index (χ0) is 12.6. The highest BCUT2D eigenvalue weighted by molar-refractivity contribution is 6.18. The van der Waals surface area contributed by atoms with Crippen LogP contribution in [0.3, 0.4) is 0 Å². The quantitative estimate of drug-likeness (QED) is 0.619. The molecule has 0 saturated carbocycles. The molecule has 3 nitrogen and oxygen atoms in total. The fourth-order valence-electron chi connectivity index (χ4n) is 1.74. The van der Waals surface area contributed by atoms with Crippen LogP contribution in [-0.2, 0) is 4.74 Å². The van der Waals surface area contributed by atoms with E-state index in [0.717, 1.165) is 30.8 Å². The topological polar surface area (TPSA) is 31.4 Å². The third kappa shape index (κ3) is 4.21. The second-order valence-corrected chi connectivity index (χ2v) is 4.47. The molecule has 2 heterocycles. The summed E-state index contributed by atoms with van der Waals surface area (Å²) in [6.45, 7) is 1.43. The molecular formula is C14H16ClNO2. The minimum Gasteiger partial charge on any atom is -0.489 e. The van der Waals surface area contributed by atoms with Gasteiger partial charge in [-0.2, -0.15) is 0 Å². The number of pyridine rings is 1. The number of hydrogen-bond donors (Lipinski definition) is 0. The van der Waals surface area contributed by atoms with Gasteiger partial charge in [0.05, 0.1) is 12.3 Å².